The molecule has 1 amide bonds. The number of hydrogen-bond donors (Lipinski definition) is 0. The highest BCUT2D eigenvalue weighted by Crippen LogP contribution is 2.29. The first-order valence-electron chi connectivity index (χ1n) is 8.49. The third-order valence-electron chi connectivity index (χ3n) is 5.07. The molecule has 4 rings (SSSR count). The summed E-state index contributed by atoms with van der Waals surface area (Å²) in [6.45, 7) is 3.98. The second-order valence-electron chi connectivity index (χ2n) is 6.60. The number of fused-ring (bicyclic) bond motifs is 2. The van der Waals surface area contributed by atoms with Gasteiger partial charge in [0.25, 0.3) is 0 Å². The molecule has 1 aromatic carbocycles. The van der Waals surface area contributed by atoms with Crippen molar-refractivity contribution in [3.05, 3.63) is 41.0 Å². The van der Waals surface area contributed by atoms with Crippen LogP contribution in [0.3, 0.4) is 0 Å². The highest BCUT2D eigenvalue weighted by atomic mass is 16.5. The first kappa shape index (κ1) is 15.2. The molecule has 3 heterocycles. The number of amides is 1. The number of aromatic nitrogens is 3. The van der Waals surface area contributed by atoms with Crippen molar-refractivity contribution in [2.75, 3.05) is 13.7 Å². The van der Waals surface area contributed by atoms with Crippen LogP contribution in [0.5, 0.6) is 5.75 Å². The smallest absolute Gasteiger partial charge is 0.227 e. The van der Waals surface area contributed by atoms with Crippen LogP contribution < -0.4 is 4.74 Å². The molecule has 1 atom stereocenters. The van der Waals surface area contributed by atoms with Gasteiger partial charge in [0.15, 0.2) is 0 Å². The second-order valence-corrected chi connectivity index (χ2v) is 6.60. The Morgan fingerprint density at radius 1 is 1.33 bits per heavy atom. The minimum Gasteiger partial charge on any atom is -0.496 e. The lowest BCUT2D eigenvalue weighted by atomic mass is 9.94. The Bertz CT molecular complexity index is 783. The maximum absolute atomic E-state index is 13.0. The summed E-state index contributed by atoms with van der Waals surface area (Å²) in [7, 11) is 1.70. The van der Waals surface area contributed by atoms with Crippen LogP contribution >= 0.6 is 0 Å². The van der Waals surface area contributed by atoms with E-state index in [1.165, 1.54) is 11.1 Å². The van der Waals surface area contributed by atoms with Crippen molar-refractivity contribution in [3.63, 3.8) is 0 Å². The number of rotatable bonds is 2. The zero-order chi connectivity index (χ0) is 16.7. The molecule has 0 saturated carbocycles. The van der Waals surface area contributed by atoms with Crippen LogP contribution in [0.2, 0.25) is 0 Å². The number of benzene rings is 1. The van der Waals surface area contributed by atoms with Gasteiger partial charge in [0, 0.05) is 25.1 Å². The van der Waals surface area contributed by atoms with Gasteiger partial charge in [-0.3, -0.25) is 4.79 Å². The molecule has 126 valence electrons. The van der Waals surface area contributed by atoms with E-state index in [2.05, 4.69) is 16.1 Å². The van der Waals surface area contributed by atoms with Crippen LogP contribution in [-0.2, 0) is 30.7 Å². The Morgan fingerprint density at radius 2 is 2.21 bits per heavy atom. The summed E-state index contributed by atoms with van der Waals surface area (Å²) in [4.78, 5) is 19.4. The molecule has 2 aliphatic heterocycles. The molecule has 6 nitrogen and oxygen atoms in total. The van der Waals surface area contributed by atoms with Crippen molar-refractivity contribution in [1.82, 2.24) is 19.7 Å². The van der Waals surface area contributed by atoms with E-state index in [0.29, 0.717) is 13.1 Å². The van der Waals surface area contributed by atoms with Gasteiger partial charge in [0.05, 0.1) is 19.6 Å². The van der Waals surface area contributed by atoms with Gasteiger partial charge in [0.1, 0.15) is 17.4 Å². The van der Waals surface area contributed by atoms with E-state index < -0.39 is 0 Å². The summed E-state index contributed by atoms with van der Waals surface area (Å²) >= 11 is 0. The molecule has 0 spiro atoms. The summed E-state index contributed by atoms with van der Waals surface area (Å²) in [6.07, 6.45) is 2.54. The fraction of sp³-hybridized carbons (Fsp3) is 0.500. The monoisotopic (exact) mass is 326 g/mol. The van der Waals surface area contributed by atoms with Gasteiger partial charge in [0.2, 0.25) is 5.91 Å². The second kappa shape index (κ2) is 5.92. The van der Waals surface area contributed by atoms with Crippen molar-refractivity contribution in [2.45, 2.75) is 39.3 Å². The molecule has 0 aliphatic carbocycles. The minimum atomic E-state index is 0.00533. The quantitative estimate of drug-likeness (QED) is 0.843. The molecule has 1 aromatic heterocycles. The first-order valence-corrected chi connectivity index (χ1v) is 8.49. The topological polar surface area (TPSA) is 60.2 Å². The molecular formula is C18H22N4O2. The van der Waals surface area contributed by atoms with Gasteiger partial charge in [-0.05, 0) is 31.4 Å². The van der Waals surface area contributed by atoms with E-state index in [1.807, 2.05) is 28.6 Å². The van der Waals surface area contributed by atoms with E-state index >= 15 is 0 Å². The molecule has 0 radical (unpaired) electrons. The van der Waals surface area contributed by atoms with Gasteiger partial charge in [-0.15, -0.1) is 0 Å². The fourth-order valence-electron chi connectivity index (χ4n) is 3.85. The highest BCUT2D eigenvalue weighted by Gasteiger charge is 2.31. The minimum absolute atomic E-state index is 0.00533. The predicted molar refractivity (Wildman–Crippen MR) is 88.7 cm³/mol. The van der Waals surface area contributed by atoms with Gasteiger partial charge in [-0.25, -0.2) is 9.67 Å². The highest BCUT2D eigenvalue weighted by molar-refractivity contribution is 5.79. The van der Waals surface area contributed by atoms with Crippen molar-refractivity contribution in [2.24, 2.45) is 5.92 Å². The lowest BCUT2D eigenvalue weighted by Gasteiger charge is -2.33. The third-order valence-corrected chi connectivity index (χ3v) is 5.07. The number of carbonyl (C=O) groups excluding carboxylic acids is 1. The van der Waals surface area contributed by atoms with E-state index in [0.717, 1.165) is 43.2 Å². The van der Waals surface area contributed by atoms with Crippen molar-refractivity contribution < 1.29 is 9.53 Å². The molecule has 0 fully saturated rings. The normalized spacial score (nSPS) is 19.6. The van der Waals surface area contributed by atoms with Crippen LogP contribution in [0.4, 0.5) is 0 Å². The molecule has 2 aliphatic rings. The van der Waals surface area contributed by atoms with Crippen LogP contribution in [-0.4, -0.2) is 39.2 Å². The Kier molecular flexibility index (Phi) is 3.75. The molecule has 24 heavy (non-hydrogen) atoms. The standard InChI is InChI=1S/C18H22N4O2/c1-12-19-17-7-6-14(11-22(17)20-12)18(23)21-9-8-15-13(10-21)4-3-5-16(15)24-2/h3-5,14H,6-11H2,1-2H3. The Morgan fingerprint density at radius 3 is 3.04 bits per heavy atom. The number of aryl methyl sites for hydroxylation is 2. The summed E-state index contributed by atoms with van der Waals surface area (Å²) in [5.74, 6) is 2.97. The Balaban J connectivity index is 1.50. The predicted octanol–water partition coefficient (Wildman–Crippen LogP) is 1.74. The van der Waals surface area contributed by atoms with Gasteiger partial charge < -0.3 is 9.64 Å². The summed E-state index contributed by atoms with van der Waals surface area (Å²) in [5, 5.41) is 4.41. The van der Waals surface area contributed by atoms with Crippen molar-refractivity contribution in [3.8, 4) is 5.75 Å². The average Bonchev–Trinajstić information content (AvgIpc) is 2.99. The zero-order valence-electron chi connectivity index (χ0n) is 14.2. The number of carbonyl (C=O) groups is 1. The maximum atomic E-state index is 13.0. The van der Waals surface area contributed by atoms with Crippen molar-refractivity contribution in [1.29, 1.82) is 0 Å². The molecule has 0 N–H and O–H groups in total. The van der Waals surface area contributed by atoms with Crippen molar-refractivity contribution >= 4 is 5.91 Å². The average molecular weight is 326 g/mol. The van der Waals surface area contributed by atoms with Gasteiger partial charge in [-0.2, -0.15) is 5.10 Å². The number of nitrogens with zero attached hydrogens (tertiary/aromatic N) is 4. The molecule has 1 unspecified atom stereocenters. The van der Waals surface area contributed by atoms with Crippen LogP contribution in [0.25, 0.3) is 0 Å². The van der Waals surface area contributed by atoms with E-state index in [-0.39, 0.29) is 11.8 Å². The van der Waals surface area contributed by atoms with Crippen LogP contribution in [0, 0.1) is 12.8 Å². The molecule has 6 heteroatoms. The third kappa shape index (κ3) is 2.56. The number of ether oxygens (including phenoxy) is 1. The molecule has 2 aromatic rings. The number of methoxy groups -OCH3 is 1. The van der Waals surface area contributed by atoms with E-state index in [9.17, 15) is 4.79 Å². The van der Waals surface area contributed by atoms with E-state index in [4.69, 9.17) is 4.74 Å². The fourth-order valence-corrected chi connectivity index (χ4v) is 3.85. The summed E-state index contributed by atoms with van der Waals surface area (Å²) in [5.41, 5.74) is 2.43. The SMILES string of the molecule is COc1cccc2c1CCN(C(=O)C1CCc3nc(C)nn3C1)C2. The van der Waals surface area contributed by atoms with Crippen LogP contribution in [0.1, 0.15) is 29.2 Å². The Labute approximate surface area is 141 Å². The van der Waals surface area contributed by atoms with E-state index in [1.54, 1.807) is 7.11 Å². The molecular weight excluding hydrogens is 304 g/mol. The Hall–Kier alpha value is -2.37. The van der Waals surface area contributed by atoms with Crippen LogP contribution in [0.15, 0.2) is 18.2 Å². The molecule has 0 bridgehead atoms. The zero-order valence-corrected chi connectivity index (χ0v) is 14.2. The largest absolute Gasteiger partial charge is 0.496 e. The lowest BCUT2D eigenvalue weighted by Crippen LogP contribution is -2.42. The summed E-state index contributed by atoms with van der Waals surface area (Å²) < 4.78 is 7.35. The maximum Gasteiger partial charge on any atom is 0.227 e. The molecule has 0 saturated heterocycles. The number of hydrogen-bond acceptors (Lipinski definition) is 4. The van der Waals surface area contributed by atoms with Gasteiger partial charge in [-0.1, -0.05) is 12.1 Å². The first-order chi connectivity index (χ1) is 11.7. The lowest BCUT2D eigenvalue weighted by molar-refractivity contribution is -0.137. The summed E-state index contributed by atoms with van der Waals surface area (Å²) in [6, 6.07) is 6.08. The van der Waals surface area contributed by atoms with Gasteiger partial charge >= 0.3 is 0 Å².